The van der Waals surface area contributed by atoms with Gasteiger partial charge in [0.25, 0.3) is 0 Å². The molecule has 2 amide bonds. The summed E-state index contributed by atoms with van der Waals surface area (Å²) in [5.74, 6) is -0.580. The van der Waals surface area contributed by atoms with Crippen LogP contribution in [0.2, 0.25) is 0 Å². The zero-order valence-electron chi connectivity index (χ0n) is 20.7. The minimum Gasteiger partial charge on any atom is -0.388 e. The Labute approximate surface area is 209 Å². The SMILES string of the molecule is CO[C@H]1CN(C(C)=O)CCCN(CC(=O)Nc2ccc(C(F)(F)F)cc2)CCCCOC[C@H](O)[C@@H]1O. The van der Waals surface area contributed by atoms with Crippen LogP contribution in [0.3, 0.4) is 0 Å². The van der Waals surface area contributed by atoms with Crippen molar-refractivity contribution in [3.8, 4) is 0 Å². The molecule has 0 radical (unpaired) electrons. The number of carbonyl (C=O) groups excluding carboxylic acids is 2. The van der Waals surface area contributed by atoms with Crippen molar-refractivity contribution in [2.24, 2.45) is 0 Å². The van der Waals surface area contributed by atoms with Gasteiger partial charge in [-0.3, -0.25) is 14.5 Å². The largest absolute Gasteiger partial charge is 0.416 e. The first kappa shape index (κ1) is 30.0. The molecule has 0 aliphatic carbocycles. The van der Waals surface area contributed by atoms with Gasteiger partial charge in [-0.15, -0.1) is 0 Å². The molecule has 1 aromatic rings. The number of methoxy groups -OCH3 is 1. The zero-order valence-corrected chi connectivity index (χ0v) is 20.7. The molecule has 1 aromatic carbocycles. The Hall–Kier alpha value is -2.25. The van der Waals surface area contributed by atoms with E-state index in [4.69, 9.17) is 9.47 Å². The Morgan fingerprint density at radius 3 is 2.39 bits per heavy atom. The summed E-state index contributed by atoms with van der Waals surface area (Å²) in [6.45, 7) is 3.20. The van der Waals surface area contributed by atoms with Gasteiger partial charge in [0.05, 0.1) is 18.7 Å². The fourth-order valence-corrected chi connectivity index (χ4v) is 3.91. The van der Waals surface area contributed by atoms with Gasteiger partial charge in [0, 0.05) is 46.0 Å². The maximum Gasteiger partial charge on any atom is 0.416 e. The molecule has 3 atom stereocenters. The van der Waals surface area contributed by atoms with Crippen molar-refractivity contribution >= 4 is 17.5 Å². The lowest BCUT2D eigenvalue weighted by molar-refractivity contribution is -0.137. The fourth-order valence-electron chi connectivity index (χ4n) is 3.91. The molecule has 2 rings (SSSR count). The van der Waals surface area contributed by atoms with Crippen molar-refractivity contribution < 1.29 is 42.4 Å². The van der Waals surface area contributed by atoms with Crippen molar-refractivity contribution in [3.05, 3.63) is 29.8 Å². The van der Waals surface area contributed by atoms with E-state index in [0.29, 0.717) is 45.5 Å². The van der Waals surface area contributed by atoms with Gasteiger partial charge in [-0.25, -0.2) is 0 Å². The second-order valence-electron chi connectivity index (χ2n) is 8.83. The Bertz CT molecular complexity index is 824. The normalized spacial score (nSPS) is 24.0. The predicted molar refractivity (Wildman–Crippen MR) is 126 cm³/mol. The van der Waals surface area contributed by atoms with Crippen LogP contribution in [-0.4, -0.2) is 103 Å². The van der Waals surface area contributed by atoms with Gasteiger partial charge in [-0.2, -0.15) is 13.2 Å². The van der Waals surface area contributed by atoms with E-state index in [1.165, 1.54) is 31.1 Å². The molecule has 12 heteroatoms. The minimum absolute atomic E-state index is 0.0279. The van der Waals surface area contributed by atoms with E-state index in [2.05, 4.69) is 5.32 Å². The first-order valence-electron chi connectivity index (χ1n) is 11.9. The van der Waals surface area contributed by atoms with Gasteiger partial charge < -0.3 is 29.9 Å². The summed E-state index contributed by atoms with van der Waals surface area (Å²) in [7, 11) is 1.39. The molecule has 0 saturated carbocycles. The summed E-state index contributed by atoms with van der Waals surface area (Å²) < 4.78 is 49.0. The minimum atomic E-state index is -4.45. The Balaban J connectivity index is 2.01. The lowest BCUT2D eigenvalue weighted by atomic mass is 10.1. The molecular formula is C24H36F3N3O6. The molecule has 1 aliphatic heterocycles. The molecule has 0 bridgehead atoms. The Kier molecular flexibility index (Phi) is 12.1. The third-order valence-corrected chi connectivity index (χ3v) is 5.99. The summed E-state index contributed by atoms with van der Waals surface area (Å²) in [6.07, 6.45) is -5.75. The summed E-state index contributed by atoms with van der Waals surface area (Å²) in [5.41, 5.74) is -0.524. The topological polar surface area (TPSA) is 112 Å². The van der Waals surface area contributed by atoms with E-state index in [9.17, 15) is 33.0 Å². The highest BCUT2D eigenvalue weighted by molar-refractivity contribution is 5.92. The highest BCUT2D eigenvalue weighted by atomic mass is 19.4. The van der Waals surface area contributed by atoms with Gasteiger partial charge in [0.15, 0.2) is 0 Å². The average Bonchev–Trinajstić information content (AvgIpc) is 2.82. The molecule has 0 spiro atoms. The monoisotopic (exact) mass is 519 g/mol. The average molecular weight is 520 g/mol. The van der Waals surface area contributed by atoms with Crippen molar-refractivity contribution in [2.45, 2.75) is 50.7 Å². The number of alkyl halides is 3. The molecule has 1 heterocycles. The number of nitrogens with one attached hydrogen (secondary N) is 1. The molecule has 1 fully saturated rings. The number of carbonyl (C=O) groups is 2. The number of hydrogen-bond acceptors (Lipinski definition) is 7. The number of halogens is 3. The smallest absolute Gasteiger partial charge is 0.388 e. The molecular weight excluding hydrogens is 483 g/mol. The van der Waals surface area contributed by atoms with Gasteiger partial charge in [0.1, 0.15) is 18.3 Å². The number of hydrogen-bond donors (Lipinski definition) is 3. The summed E-state index contributed by atoms with van der Waals surface area (Å²) >= 11 is 0. The van der Waals surface area contributed by atoms with E-state index in [1.54, 1.807) is 0 Å². The third-order valence-electron chi connectivity index (χ3n) is 5.99. The van der Waals surface area contributed by atoms with Crippen LogP contribution in [0.15, 0.2) is 24.3 Å². The number of amides is 2. The molecule has 1 aliphatic rings. The summed E-state index contributed by atoms with van der Waals surface area (Å²) in [5, 5.41) is 23.3. The molecule has 36 heavy (non-hydrogen) atoms. The van der Waals surface area contributed by atoms with Crippen molar-refractivity contribution in [3.63, 3.8) is 0 Å². The molecule has 3 N–H and O–H groups in total. The first-order chi connectivity index (χ1) is 17.0. The quantitative estimate of drug-likeness (QED) is 0.556. The van der Waals surface area contributed by atoms with Crippen molar-refractivity contribution in [2.75, 3.05) is 58.4 Å². The maximum absolute atomic E-state index is 12.7. The highest BCUT2D eigenvalue weighted by Gasteiger charge is 2.30. The van der Waals surface area contributed by atoms with Crippen LogP contribution in [0.5, 0.6) is 0 Å². The van der Waals surface area contributed by atoms with E-state index in [0.717, 1.165) is 12.1 Å². The Morgan fingerprint density at radius 2 is 1.78 bits per heavy atom. The van der Waals surface area contributed by atoms with Crippen molar-refractivity contribution in [1.82, 2.24) is 9.80 Å². The van der Waals surface area contributed by atoms with Crippen LogP contribution in [0, 0.1) is 0 Å². The van der Waals surface area contributed by atoms with Gasteiger partial charge >= 0.3 is 6.18 Å². The van der Waals surface area contributed by atoms with Crippen LogP contribution < -0.4 is 5.32 Å². The van der Waals surface area contributed by atoms with Gasteiger partial charge in [0.2, 0.25) is 11.8 Å². The van der Waals surface area contributed by atoms with Crippen LogP contribution in [-0.2, 0) is 25.2 Å². The predicted octanol–water partition coefficient (Wildman–Crippen LogP) is 1.73. The third kappa shape index (κ3) is 10.0. The number of benzene rings is 1. The summed E-state index contributed by atoms with van der Waals surface area (Å²) in [4.78, 5) is 28.1. The first-order valence-corrected chi connectivity index (χ1v) is 11.9. The van der Waals surface area contributed by atoms with E-state index >= 15 is 0 Å². The van der Waals surface area contributed by atoms with Crippen molar-refractivity contribution in [1.29, 1.82) is 0 Å². The molecule has 0 aromatic heterocycles. The van der Waals surface area contributed by atoms with Gasteiger partial charge in [-0.05, 0) is 50.1 Å². The maximum atomic E-state index is 12.7. The standard InChI is InChI=1S/C24H36F3N3O6/c1-17(31)30-12-5-11-29(10-3-4-13-36-16-20(32)23(34)21(14-30)35-2)15-22(33)28-19-8-6-18(7-9-19)24(25,26)27/h6-9,20-21,23,32,34H,3-5,10-16H2,1-2H3,(H,28,33)/t20-,21-,23-/m0/s1. The number of ether oxygens (including phenoxy) is 2. The zero-order chi connectivity index (χ0) is 26.7. The fraction of sp³-hybridized carbons (Fsp3) is 0.667. The number of rotatable bonds is 4. The summed E-state index contributed by atoms with van der Waals surface area (Å²) in [6, 6.07) is 4.25. The second-order valence-corrected chi connectivity index (χ2v) is 8.83. The lowest BCUT2D eigenvalue weighted by Crippen LogP contribution is -2.48. The number of anilines is 1. The van der Waals surface area contributed by atoms with Crippen LogP contribution in [0.4, 0.5) is 18.9 Å². The van der Waals surface area contributed by atoms with Gasteiger partial charge in [-0.1, -0.05) is 0 Å². The van der Waals surface area contributed by atoms with E-state index in [1.807, 2.05) is 4.90 Å². The lowest BCUT2D eigenvalue weighted by Gasteiger charge is -2.31. The number of nitrogens with zero attached hydrogens (tertiary/aromatic N) is 2. The van der Waals surface area contributed by atoms with Crippen LogP contribution in [0.1, 0.15) is 31.7 Å². The molecule has 9 nitrogen and oxygen atoms in total. The second kappa shape index (κ2) is 14.5. The molecule has 204 valence electrons. The van der Waals surface area contributed by atoms with Crippen LogP contribution in [0.25, 0.3) is 0 Å². The Morgan fingerprint density at radius 1 is 1.11 bits per heavy atom. The van der Waals surface area contributed by atoms with Crippen LogP contribution >= 0.6 is 0 Å². The number of aliphatic hydroxyl groups excluding tert-OH is 2. The van der Waals surface area contributed by atoms with E-state index < -0.39 is 30.1 Å². The highest BCUT2D eigenvalue weighted by Crippen LogP contribution is 2.29. The molecule has 0 unspecified atom stereocenters. The molecule has 1 saturated heterocycles. The number of aliphatic hydroxyl groups is 2. The van der Waals surface area contributed by atoms with E-state index in [-0.39, 0.29) is 37.2 Å².